The second-order valence-electron chi connectivity index (χ2n) is 2.58. The summed E-state index contributed by atoms with van der Waals surface area (Å²) in [4.78, 5) is 22.9. The molecule has 0 radical (unpaired) electrons. The number of carbonyl (C=O) groups is 1. The Balaban J connectivity index is 3.54. The molecule has 0 aliphatic rings. The minimum absolute atomic E-state index is 0.441. The van der Waals surface area contributed by atoms with Crippen LogP contribution in [0, 0.1) is 10.1 Å². The van der Waals surface area contributed by atoms with Crippen molar-refractivity contribution in [2.75, 3.05) is 0 Å². The summed E-state index contributed by atoms with van der Waals surface area (Å²) in [6.45, 7) is 0. The number of nitro groups is 1. The summed E-state index contributed by atoms with van der Waals surface area (Å²) in [6.07, 6.45) is -2.81. The summed E-state index contributed by atoms with van der Waals surface area (Å²) >= 11 is 5.32. The van der Waals surface area contributed by atoms with E-state index < -0.39 is 39.3 Å². The highest BCUT2D eigenvalue weighted by Crippen LogP contribution is 2.35. The molecule has 0 saturated carbocycles. The Kier molecular flexibility index (Phi) is 3.33. The fourth-order valence-electron chi connectivity index (χ4n) is 0.994. The van der Waals surface area contributed by atoms with Gasteiger partial charge in [0.05, 0.1) is 9.95 Å². The van der Waals surface area contributed by atoms with E-state index in [1.165, 1.54) is 0 Å². The Morgan fingerprint density at radius 1 is 1.62 bits per heavy atom. The summed E-state index contributed by atoms with van der Waals surface area (Å²) in [5.74, 6) is -1.64. The quantitative estimate of drug-likeness (QED) is 0.658. The molecule has 0 amide bonds. The molecule has 0 saturated heterocycles. The first-order valence-electron chi connectivity index (χ1n) is 3.70. The zero-order valence-electron chi connectivity index (χ0n) is 7.35. The lowest BCUT2D eigenvalue weighted by Crippen LogP contribution is -2.07. The van der Waals surface area contributed by atoms with Crippen LogP contribution in [0.15, 0.2) is 6.20 Å². The number of nitrogens with zero attached hydrogens (tertiary/aromatic N) is 2. The van der Waals surface area contributed by atoms with Crippen molar-refractivity contribution < 1.29 is 23.6 Å². The van der Waals surface area contributed by atoms with E-state index in [1.54, 1.807) is 0 Å². The van der Waals surface area contributed by atoms with Gasteiger partial charge in [-0.05, 0) is 0 Å². The molecule has 0 unspecified atom stereocenters. The average Bonchev–Trinajstić information content (AvgIpc) is 2.15. The van der Waals surface area contributed by atoms with Crippen LogP contribution in [0.1, 0.15) is 22.5 Å². The fraction of sp³-hybridized carbons (Fsp3) is 0.143. The van der Waals surface area contributed by atoms with E-state index >= 15 is 0 Å². The van der Waals surface area contributed by atoms with Gasteiger partial charge in [0.15, 0.2) is 5.69 Å². The first-order valence-corrected chi connectivity index (χ1v) is 4.08. The van der Waals surface area contributed by atoms with Crippen LogP contribution in [0.25, 0.3) is 0 Å². The van der Waals surface area contributed by atoms with Gasteiger partial charge in [0.1, 0.15) is 11.8 Å². The highest BCUT2D eigenvalue weighted by atomic mass is 35.5. The molecule has 0 aromatic carbocycles. The number of hydrogen-bond donors (Lipinski definition) is 1. The second-order valence-corrected chi connectivity index (χ2v) is 2.96. The van der Waals surface area contributed by atoms with Crippen LogP contribution in [0.2, 0.25) is 5.02 Å². The molecular formula is C7H3ClF2N2O4. The number of aromatic carboxylic acids is 1. The maximum Gasteiger partial charge on any atom is 0.356 e. The SMILES string of the molecule is O=C(O)c1ncc([N+](=O)[O-])c(C(F)F)c1Cl. The minimum Gasteiger partial charge on any atom is -0.476 e. The van der Waals surface area contributed by atoms with Crippen molar-refractivity contribution in [2.24, 2.45) is 0 Å². The molecule has 0 spiro atoms. The molecule has 16 heavy (non-hydrogen) atoms. The summed E-state index contributed by atoms with van der Waals surface area (Å²) in [5, 5.41) is 18.0. The third-order valence-corrected chi connectivity index (χ3v) is 2.04. The number of pyridine rings is 1. The predicted octanol–water partition coefficient (Wildman–Crippen LogP) is 2.28. The predicted molar refractivity (Wildman–Crippen MR) is 47.8 cm³/mol. The van der Waals surface area contributed by atoms with Gasteiger partial charge >= 0.3 is 5.97 Å². The smallest absolute Gasteiger partial charge is 0.356 e. The van der Waals surface area contributed by atoms with Crippen LogP contribution in [0.5, 0.6) is 0 Å². The van der Waals surface area contributed by atoms with Crippen LogP contribution in [-0.2, 0) is 0 Å². The maximum atomic E-state index is 12.5. The van der Waals surface area contributed by atoms with Crippen molar-refractivity contribution in [3.05, 3.63) is 32.6 Å². The van der Waals surface area contributed by atoms with Crippen molar-refractivity contribution in [3.8, 4) is 0 Å². The molecular weight excluding hydrogens is 250 g/mol. The second kappa shape index (κ2) is 4.35. The largest absolute Gasteiger partial charge is 0.476 e. The van der Waals surface area contributed by atoms with Crippen molar-refractivity contribution in [3.63, 3.8) is 0 Å². The summed E-state index contributed by atoms with van der Waals surface area (Å²) in [5.41, 5.74) is -2.99. The minimum atomic E-state index is -3.26. The number of carboxylic acids is 1. The third-order valence-electron chi connectivity index (χ3n) is 1.65. The lowest BCUT2D eigenvalue weighted by atomic mass is 10.2. The molecule has 1 rings (SSSR count). The van der Waals surface area contributed by atoms with Gasteiger partial charge in [-0.15, -0.1) is 0 Å². The molecule has 1 N–H and O–H groups in total. The average molecular weight is 253 g/mol. The Morgan fingerprint density at radius 3 is 2.56 bits per heavy atom. The molecule has 9 heteroatoms. The highest BCUT2D eigenvalue weighted by molar-refractivity contribution is 6.34. The summed E-state index contributed by atoms with van der Waals surface area (Å²) < 4.78 is 25.0. The van der Waals surface area contributed by atoms with Crippen LogP contribution in [-0.4, -0.2) is 21.0 Å². The van der Waals surface area contributed by atoms with E-state index in [4.69, 9.17) is 16.7 Å². The highest BCUT2D eigenvalue weighted by Gasteiger charge is 2.29. The fourth-order valence-corrected chi connectivity index (χ4v) is 1.30. The molecule has 6 nitrogen and oxygen atoms in total. The molecule has 0 fully saturated rings. The van der Waals surface area contributed by atoms with Crippen LogP contribution >= 0.6 is 11.6 Å². The number of alkyl halides is 2. The van der Waals surface area contributed by atoms with Gasteiger partial charge in [-0.25, -0.2) is 18.6 Å². The molecule has 1 heterocycles. The lowest BCUT2D eigenvalue weighted by Gasteiger charge is -2.05. The van der Waals surface area contributed by atoms with Gasteiger partial charge in [0.25, 0.3) is 12.1 Å². The number of aromatic nitrogens is 1. The molecule has 86 valence electrons. The zero-order chi connectivity index (χ0) is 12.5. The Morgan fingerprint density at radius 2 is 2.19 bits per heavy atom. The molecule has 0 atom stereocenters. The number of hydrogen-bond acceptors (Lipinski definition) is 4. The van der Waals surface area contributed by atoms with E-state index in [0.717, 1.165) is 0 Å². The van der Waals surface area contributed by atoms with E-state index in [9.17, 15) is 23.7 Å². The third kappa shape index (κ3) is 2.06. The number of rotatable bonds is 3. The van der Waals surface area contributed by atoms with Gasteiger partial charge in [0, 0.05) is 0 Å². The van der Waals surface area contributed by atoms with Crippen molar-refractivity contribution in [1.82, 2.24) is 4.98 Å². The first kappa shape index (κ1) is 12.2. The van der Waals surface area contributed by atoms with Gasteiger partial charge in [0.2, 0.25) is 0 Å². The van der Waals surface area contributed by atoms with Gasteiger partial charge in [-0.2, -0.15) is 0 Å². The Bertz CT molecular complexity index is 466. The monoisotopic (exact) mass is 252 g/mol. The molecule has 0 aliphatic carbocycles. The van der Waals surface area contributed by atoms with Crippen molar-refractivity contribution in [2.45, 2.75) is 6.43 Å². The normalized spacial score (nSPS) is 10.5. The first-order chi connectivity index (χ1) is 7.36. The van der Waals surface area contributed by atoms with E-state index in [1.807, 2.05) is 0 Å². The Labute approximate surface area is 91.6 Å². The molecule has 1 aromatic heterocycles. The van der Waals surface area contributed by atoms with Gasteiger partial charge in [-0.3, -0.25) is 10.1 Å². The zero-order valence-corrected chi connectivity index (χ0v) is 8.11. The van der Waals surface area contributed by atoms with Crippen LogP contribution in [0.4, 0.5) is 14.5 Å². The van der Waals surface area contributed by atoms with Crippen molar-refractivity contribution in [1.29, 1.82) is 0 Å². The van der Waals surface area contributed by atoms with Gasteiger partial charge in [-0.1, -0.05) is 11.6 Å². The number of halogens is 3. The van der Waals surface area contributed by atoms with Crippen LogP contribution in [0.3, 0.4) is 0 Å². The van der Waals surface area contributed by atoms with E-state index in [-0.39, 0.29) is 0 Å². The molecule has 0 aliphatic heterocycles. The number of carboxylic acid groups (broad SMARTS) is 1. The molecule has 1 aromatic rings. The summed E-state index contributed by atoms with van der Waals surface area (Å²) in [6, 6.07) is 0. The topological polar surface area (TPSA) is 93.3 Å². The van der Waals surface area contributed by atoms with E-state index in [2.05, 4.69) is 4.98 Å². The van der Waals surface area contributed by atoms with Crippen LogP contribution < -0.4 is 0 Å². The standard InChI is InChI=1S/C7H3ClF2N2O4/c8-4-3(6(9)10)2(12(15)16)1-11-5(4)7(13)14/h1,6H,(H,13,14). The van der Waals surface area contributed by atoms with Gasteiger partial charge < -0.3 is 5.11 Å². The Hall–Kier alpha value is -1.83. The lowest BCUT2D eigenvalue weighted by molar-refractivity contribution is -0.386. The van der Waals surface area contributed by atoms with E-state index in [0.29, 0.717) is 6.20 Å². The summed E-state index contributed by atoms with van der Waals surface area (Å²) in [7, 11) is 0. The van der Waals surface area contributed by atoms with Crippen molar-refractivity contribution >= 4 is 23.3 Å². The molecule has 0 bridgehead atoms. The maximum absolute atomic E-state index is 12.5.